The summed E-state index contributed by atoms with van der Waals surface area (Å²) < 4.78 is 14.0. The van der Waals surface area contributed by atoms with Crippen LogP contribution in [0.4, 0.5) is 10.1 Å². The Kier molecular flexibility index (Phi) is 3.99. The lowest BCUT2D eigenvalue weighted by atomic mass is 10.2. The summed E-state index contributed by atoms with van der Waals surface area (Å²) in [5.41, 5.74) is 0.812. The van der Waals surface area contributed by atoms with E-state index in [2.05, 4.69) is 21.2 Å². The molecule has 2 nitrogen and oxygen atoms in total. The molecule has 2 aromatic rings. The number of benzene rings is 2. The number of rotatable bonds is 2. The third kappa shape index (κ3) is 3.31. The van der Waals surface area contributed by atoms with Crippen LogP contribution in [0.15, 0.2) is 46.9 Å². The van der Waals surface area contributed by atoms with Gasteiger partial charge in [0, 0.05) is 20.7 Å². The van der Waals surface area contributed by atoms with Crippen LogP contribution >= 0.6 is 27.5 Å². The predicted molar refractivity (Wildman–Crippen MR) is 73.5 cm³/mol. The molecule has 5 heteroatoms. The molecule has 0 atom stereocenters. The molecule has 0 aliphatic rings. The van der Waals surface area contributed by atoms with Gasteiger partial charge in [0.25, 0.3) is 5.91 Å². The minimum atomic E-state index is -0.492. The highest BCUT2D eigenvalue weighted by Crippen LogP contribution is 2.19. The van der Waals surface area contributed by atoms with Crippen molar-refractivity contribution in [3.63, 3.8) is 0 Å². The van der Waals surface area contributed by atoms with Crippen LogP contribution < -0.4 is 5.32 Å². The molecule has 18 heavy (non-hydrogen) atoms. The van der Waals surface area contributed by atoms with Gasteiger partial charge < -0.3 is 5.32 Å². The molecule has 92 valence electrons. The van der Waals surface area contributed by atoms with Gasteiger partial charge in [-0.15, -0.1) is 0 Å². The average Bonchev–Trinajstić information content (AvgIpc) is 2.28. The predicted octanol–water partition coefficient (Wildman–Crippen LogP) is 4.49. The molecule has 0 aromatic heterocycles. The normalized spacial score (nSPS) is 10.2. The molecule has 2 rings (SSSR count). The first kappa shape index (κ1) is 13.1. The summed E-state index contributed by atoms with van der Waals surface area (Å²) in [5, 5.41) is 2.82. The Morgan fingerprint density at radius 2 is 1.83 bits per heavy atom. The van der Waals surface area contributed by atoms with Crippen molar-refractivity contribution < 1.29 is 9.18 Å². The second-order valence-electron chi connectivity index (χ2n) is 3.62. The number of halogens is 3. The van der Waals surface area contributed by atoms with Crippen LogP contribution in [0.3, 0.4) is 0 Å². The van der Waals surface area contributed by atoms with Gasteiger partial charge in [-0.2, -0.15) is 0 Å². The van der Waals surface area contributed by atoms with E-state index in [1.165, 1.54) is 18.2 Å². The second-order valence-corrected chi connectivity index (χ2v) is 4.97. The van der Waals surface area contributed by atoms with E-state index in [0.29, 0.717) is 11.3 Å². The number of anilines is 1. The van der Waals surface area contributed by atoms with Gasteiger partial charge in [0.15, 0.2) is 0 Å². The number of carbonyl (C=O) groups excluding carboxylic acids is 1. The topological polar surface area (TPSA) is 29.1 Å². The third-order valence-electron chi connectivity index (χ3n) is 2.23. The van der Waals surface area contributed by atoms with Crippen LogP contribution in [-0.2, 0) is 0 Å². The van der Waals surface area contributed by atoms with Gasteiger partial charge in [-0.3, -0.25) is 4.79 Å². The first-order chi connectivity index (χ1) is 8.54. The lowest BCUT2D eigenvalue weighted by Gasteiger charge is -2.06. The van der Waals surface area contributed by atoms with E-state index in [0.717, 1.165) is 4.47 Å². The Labute approximate surface area is 117 Å². The van der Waals surface area contributed by atoms with Gasteiger partial charge in [0.05, 0.1) is 0 Å². The zero-order valence-corrected chi connectivity index (χ0v) is 11.4. The molecule has 0 aliphatic heterocycles. The summed E-state index contributed by atoms with van der Waals surface area (Å²) in [7, 11) is 0. The maximum absolute atomic E-state index is 13.1. The number of carbonyl (C=O) groups is 1. The molecule has 0 bridgehead atoms. The first-order valence-electron chi connectivity index (χ1n) is 5.07. The highest BCUT2D eigenvalue weighted by molar-refractivity contribution is 9.10. The smallest absolute Gasteiger partial charge is 0.255 e. The molecule has 0 radical (unpaired) electrons. The molecule has 1 N–H and O–H groups in total. The summed E-state index contributed by atoms with van der Waals surface area (Å²) in [5.74, 6) is -0.808. The van der Waals surface area contributed by atoms with Gasteiger partial charge in [-0.25, -0.2) is 4.39 Å². The van der Waals surface area contributed by atoms with Gasteiger partial charge in [-0.05, 0) is 42.5 Å². The summed E-state index contributed by atoms with van der Waals surface area (Å²) in [6.07, 6.45) is 0. The summed E-state index contributed by atoms with van der Waals surface area (Å²) in [4.78, 5) is 11.9. The van der Waals surface area contributed by atoms with E-state index in [1.807, 2.05) is 0 Å². The van der Waals surface area contributed by atoms with Crippen LogP contribution in [0.25, 0.3) is 0 Å². The minimum absolute atomic E-state index is 0.237. The molecule has 1 amide bonds. The van der Waals surface area contributed by atoms with Crippen molar-refractivity contribution in [3.05, 3.63) is 63.3 Å². The number of nitrogens with one attached hydrogen (secondary N) is 1. The molecule has 0 fully saturated rings. The monoisotopic (exact) mass is 327 g/mol. The quantitative estimate of drug-likeness (QED) is 0.864. The molecular formula is C13H8BrClFNO. The Morgan fingerprint density at radius 3 is 2.44 bits per heavy atom. The summed E-state index contributed by atoms with van der Waals surface area (Å²) >= 11 is 8.98. The van der Waals surface area contributed by atoms with Crippen molar-refractivity contribution in [2.75, 3.05) is 5.32 Å². The van der Waals surface area contributed by atoms with Gasteiger partial charge in [0.2, 0.25) is 0 Å². The van der Waals surface area contributed by atoms with E-state index < -0.39 is 5.82 Å². The number of hydrogen-bond donors (Lipinski definition) is 1. The van der Waals surface area contributed by atoms with Crippen molar-refractivity contribution in [3.8, 4) is 0 Å². The van der Waals surface area contributed by atoms with E-state index in [-0.39, 0.29) is 10.9 Å². The molecule has 0 saturated carbocycles. The van der Waals surface area contributed by atoms with Crippen molar-refractivity contribution in [1.29, 1.82) is 0 Å². The largest absolute Gasteiger partial charge is 0.322 e. The zero-order valence-electron chi connectivity index (χ0n) is 9.08. The standard InChI is InChI=1S/C13H8BrClFNO/c14-9-3-1-8(2-4-9)13(18)17-12-6-10(15)5-11(16)7-12/h1-7H,(H,17,18). The minimum Gasteiger partial charge on any atom is -0.322 e. The van der Waals surface area contributed by atoms with Crippen LogP contribution in [0, 0.1) is 5.82 Å². The summed E-state index contributed by atoms with van der Waals surface area (Å²) in [6.45, 7) is 0. The Bertz CT molecular complexity index is 566. The fraction of sp³-hybridized carbons (Fsp3) is 0. The maximum Gasteiger partial charge on any atom is 0.255 e. The average molecular weight is 329 g/mol. The van der Waals surface area contributed by atoms with Crippen LogP contribution in [0.5, 0.6) is 0 Å². The van der Waals surface area contributed by atoms with Crippen LogP contribution in [0.1, 0.15) is 10.4 Å². The highest BCUT2D eigenvalue weighted by Gasteiger charge is 2.07. The first-order valence-corrected chi connectivity index (χ1v) is 6.25. The van der Waals surface area contributed by atoms with Gasteiger partial charge in [0.1, 0.15) is 5.82 Å². The Balaban J connectivity index is 2.18. The van der Waals surface area contributed by atoms with Crippen LogP contribution in [-0.4, -0.2) is 5.91 Å². The highest BCUT2D eigenvalue weighted by atomic mass is 79.9. The van der Waals surface area contributed by atoms with Gasteiger partial charge >= 0.3 is 0 Å². The zero-order chi connectivity index (χ0) is 13.1. The molecule has 2 aromatic carbocycles. The van der Waals surface area contributed by atoms with Gasteiger partial charge in [-0.1, -0.05) is 27.5 Å². The van der Waals surface area contributed by atoms with E-state index in [1.54, 1.807) is 24.3 Å². The summed E-state index contributed by atoms with van der Waals surface area (Å²) in [6, 6.07) is 10.7. The van der Waals surface area contributed by atoms with Crippen molar-refractivity contribution in [1.82, 2.24) is 0 Å². The molecule has 0 saturated heterocycles. The SMILES string of the molecule is O=C(Nc1cc(F)cc(Cl)c1)c1ccc(Br)cc1. The molecule has 0 aliphatic carbocycles. The third-order valence-corrected chi connectivity index (χ3v) is 2.97. The molecular weight excluding hydrogens is 321 g/mol. The number of hydrogen-bond acceptors (Lipinski definition) is 1. The fourth-order valence-electron chi connectivity index (χ4n) is 1.43. The fourth-order valence-corrected chi connectivity index (χ4v) is 1.92. The lowest BCUT2D eigenvalue weighted by molar-refractivity contribution is 0.102. The Morgan fingerprint density at radius 1 is 1.17 bits per heavy atom. The molecule has 0 spiro atoms. The molecule has 0 unspecified atom stereocenters. The maximum atomic E-state index is 13.1. The molecule has 0 heterocycles. The van der Waals surface area contributed by atoms with Crippen LogP contribution in [0.2, 0.25) is 5.02 Å². The van der Waals surface area contributed by atoms with Crippen molar-refractivity contribution >= 4 is 39.1 Å². The Hall–Kier alpha value is -1.39. The van der Waals surface area contributed by atoms with E-state index in [4.69, 9.17) is 11.6 Å². The van der Waals surface area contributed by atoms with Crippen molar-refractivity contribution in [2.24, 2.45) is 0 Å². The van der Waals surface area contributed by atoms with E-state index in [9.17, 15) is 9.18 Å². The number of amides is 1. The van der Waals surface area contributed by atoms with Crippen molar-refractivity contribution in [2.45, 2.75) is 0 Å². The lowest BCUT2D eigenvalue weighted by Crippen LogP contribution is -2.11. The van der Waals surface area contributed by atoms with E-state index >= 15 is 0 Å². The second kappa shape index (κ2) is 5.50.